The lowest BCUT2D eigenvalue weighted by Crippen LogP contribution is -2.55. The minimum absolute atomic E-state index is 0.181. The Morgan fingerprint density at radius 2 is 1.90 bits per heavy atom. The van der Waals surface area contributed by atoms with E-state index in [9.17, 15) is 9.50 Å². The molecule has 1 fully saturated rings. The molecule has 1 aromatic rings. The van der Waals surface area contributed by atoms with Crippen molar-refractivity contribution in [1.82, 2.24) is 4.90 Å². The Balaban J connectivity index is 2.23. The fourth-order valence-electron chi connectivity index (χ4n) is 3.80. The van der Waals surface area contributed by atoms with E-state index < -0.39 is 6.10 Å². The van der Waals surface area contributed by atoms with Crippen molar-refractivity contribution < 1.29 is 9.50 Å². The van der Waals surface area contributed by atoms with E-state index in [-0.39, 0.29) is 11.4 Å². The third-order valence-electron chi connectivity index (χ3n) is 4.90. The average Bonchev–Trinajstić information content (AvgIpc) is 2.95. The molecule has 0 aliphatic heterocycles. The Morgan fingerprint density at radius 3 is 2.48 bits per heavy atom. The van der Waals surface area contributed by atoms with Crippen LogP contribution >= 0.6 is 11.6 Å². The summed E-state index contributed by atoms with van der Waals surface area (Å²) in [7, 11) is 0. The quantitative estimate of drug-likeness (QED) is 0.857. The third kappa shape index (κ3) is 3.41. The number of benzene rings is 1. The molecule has 2 nitrogen and oxygen atoms in total. The van der Waals surface area contributed by atoms with Gasteiger partial charge in [0.1, 0.15) is 5.82 Å². The zero-order chi connectivity index (χ0) is 15.5. The van der Waals surface area contributed by atoms with E-state index in [1.54, 1.807) is 6.07 Å². The van der Waals surface area contributed by atoms with Crippen molar-refractivity contribution in [3.05, 3.63) is 34.6 Å². The van der Waals surface area contributed by atoms with E-state index in [2.05, 4.69) is 18.7 Å². The third-order valence-corrected chi connectivity index (χ3v) is 5.27. The zero-order valence-electron chi connectivity index (χ0n) is 12.9. The summed E-state index contributed by atoms with van der Waals surface area (Å²) in [6.45, 7) is 6.10. The zero-order valence-corrected chi connectivity index (χ0v) is 13.7. The van der Waals surface area contributed by atoms with Gasteiger partial charge < -0.3 is 5.11 Å². The molecule has 0 aromatic heterocycles. The monoisotopic (exact) mass is 313 g/mol. The normalized spacial score (nSPS) is 19.1. The van der Waals surface area contributed by atoms with Gasteiger partial charge in [0, 0.05) is 17.0 Å². The maximum absolute atomic E-state index is 13.4. The molecule has 4 heteroatoms. The summed E-state index contributed by atoms with van der Waals surface area (Å²) in [5, 5.41) is 11.4. The lowest BCUT2D eigenvalue weighted by atomic mass is 9.84. The Bertz CT molecular complexity index is 470. The molecule has 1 unspecified atom stereocenters. The first-order valence-corrected chi connectivity index (χ1v) is 8.28. The van der Waals surface area contributed by atoms with E-state index in [0.29, 0.717) is 17.0 Å². The molecule has 0 spiro atoms. The van der Waals surface area contributed by atoms with Gasteiger partial charge in [-0.1, -0.05) is 38.3 Å². The van der Waals surface area contributed by atoms with Gasteiger partial charge in [-0.3, -0.25) is 4.90 Å². The highest BCUT2D eigenvalue weighted by Crippen LogP contribution is 2.39. The Kier molecular flexibility index (Phi) is 5.64. The van der Waals surface area contributed by atoms with E-state index in [1.165, 1.54) is 12.1 Å². The van der Waals surface area contributed by atoms with Crippen molar-refractivity contribution in [2.75, 3.05) is 13.1 Å². The summed E-state index contributed by atoms with van der Waals surface area (Å²) >= 11 is 6.15. The molecule has 1 aliphatic rings. The smallest absolute Gasteiger partial charge is 0.123 e. The number of halogens is 2. The Morgan fingerprint density at radius 1 is 1.29 bits per heavy atom. The molecule has 0 amide bonds. The van der Waals surface area contributed by atoms with Gasteiger partial charge in [-0.25, -0.2) is 4.39 Å². The van der Waals surface area contributed by atoms with Crippen LogP contribution in [-0.4, -0.2) is 34.7 Å². The summed E-state index contributed by atoms with van der Waals surface area (Å²) in [4.78, 5) is 2.36. The van der Waals surface area contributed by atoms with Crippen molar-refractivity contribution >= 4 is 11.6 Å². The van der Waals surface area contributed by atoms with Crippen LogP contribution in [0.2, 0.25) is 5.02 Å². The van der Waals surface area contributed by atoms with Gasteiger partial charge in [0.05, 0.1) is 6.10 Å². The average molecular weight is 314 g/mol. The van der Waals surface area contributed by atoms with Crippen molar-refractivity contribution in [3.8, 4) is 0 Å². The van der Waals surface area contributed by atoms with Crippen LogP contribution in [0.1, 0.15) is 45.1 Å². The second kappa shape index (κ2) is 7.08. The fraction of sp³-hybridized carbons (Fsp3) is 0.647. The number of rotatable bonds is 6. The number of aliphatic hydroxyl groups is 1. The Hall–Kier alpha value is -0.640. The van der Waals surface area contributed by atoms with Crippen LogP contribution in [0.15, 0.2) is 18.2 Å². The molecule has 1 aliphatic carbocycles. The number of nitrogens with zero attached hydrogens (tertiary/aromatic N) is 1. The minimum Gasteiger partial charge on any atom is -0.391 e. The molecular weight excluding hydrogens is 289 g/mol. The fourth-order valence-corrected chi connectivity index (χ4v) is 3.99. The second-order valence-corrected chi connectivity index (χ2v) is 6.35. The van der Waals surface area contributed by atoms with Gasteiger partial charge in [-0.2, -0.15) is 0 Å². The minimum atomic E-state index is -0.515. The summed E-state index contributed by atoms with van der Waals surface area (Å²) in [5.41, 5.74) is 0.515. The van der Waals surface area contributed by atoms with E-state index in [0.717, 1.165) is 38.8 Å². The lowest BCUT2D eigenvalue weighted by Gasteiger charge is -2.44. The van der Waals surface area contributed by atoms with Crippen LogP contribution in [0.3, 0.4) is 0 Å². The maximum atomic E-state index is 13.4. The molecule has 0 heterocycles. The van der Waals surface area contributed by atoms with Gasteiger partial charge in [0.25, 0.3) is 0 Å². The van der Waals surface area contributed by atoms with Crippen molar-refractivity contribution in [3.63, 3.8) is 0 Å². The highest BCUT2D eigenvalue weighted by molar-refractivity contribution is 6.31. The SMILES string of the molecule is CCN(CC)C1(C(O)Cc2cc(F)ccc2Cl)CCCC1. The molecule has 1 N–H and O–H groups in total. The summed E-state index contributed by atoms with van der Waals surface area (Å²) in [6, 6.07) is 4.36. The van der Waals surface area contributed by atoms with Gasteiger partial charge in [0.15, 0.2) is 0 Å². The number of hydrogen-bond acceptors (Lipinski definition) is 2. The topological polar surface area (TPSA) is 23.5 Å². The molecule has 1 saturated carbocycles. The van der Waals surface area contributed by atoms with Crippen LogP contribution in [0.4, 0.5) is 4.39 Å². The van der Waals surface area contributed by atoms with Crippen LogP contribution in [0, 0.1) is 5.82 Å². The summed E-state index contributed by atoms with van der Waals surface area (Å²) in [6.07, 6.45) is 4.19. The molecule has 1 atom stereocenters. The molecule has 0 saturated heterocycles. The first-order chi connectivity index (χ1) is 10.0. The van der Waals surface area contributed by atoms with E-state index >= 15 is 0 Å². The van der Waals surface area contributed by atoms with Gasteiger partial charge >= 0.3 is 0 Å². The summed E-state index contributed by atoms with van der Waals surface area (Å²) < 4.78 is 13.4. The number of aliphatic hydroxyl groups excluding tert-OH is 1. The van der Waals surface area contributed by atoms with Crippen molar-refractivity contribution in [1.29, 1.82) is 0 Å². The van der Waals surface area contributed by atoms with Crippen LogP contribution in [0.5, 0.6) is 0 Å². The van der Waals surface area contributed by atoms with Crippen molar-refractivity contribution in [2.45, 2.75) is 57.6 Å². The Labute approximate surface area is 131 Å². The van der Waals surface area contributed by atoms with Crippen molar-refractivity contribution in [2.24, 2.45) is 0 Å². The molecule has 118 valence electrons. The molecular formula is C17H25ClFNO. The first-order valence-electron chi connectivity index (χ1n) is 7.90. The van der Waals surface area contributed by atoms with E-state index in [1.807, 2.05) is 0 Å². The van der Waals surface area contributed by atoms with E-state index in [4.69, 9.17) is 11.6 Å². The van der Waals surface area contributed by atoms with Gasteiger partial charge in [-0.15, -0.1) is 0 Å². The maximum Gasteiger partial charge on any atom is 0.123 e. The molecule has 1 aromatic carbocycles. The first kappa shape index (κ1) is 16.7. The molecule has 0 radical (unpaired) electrons. The standard InChI is InChI=1S/C17H25ClFNO/c1-3-20(4-2)17(9-5-6-10-17)16(21)12-13-11-14(19)7-8-15(13)18/h7-8,11,16,21H,3-6,9-10,12H2,1-2H3. The largest absolute Gasteiger partial charge is 0.391 e. The van der Waals surface area contributed by atoms with Crippen LogP contribution in [-0.2, 0) is 6.42 Å². The van der Waals surface area contributed by atoms with Gasteiger partial charge in [0.2, 0.25) is 0 Å². The molecule has 21 heavy (non-hydrogen) atoms. The van der Waals surface area contributed by atoms with Crippen LogP contribution in [0.25, 0.3) is 0 Å². The second-order valence-electron chi connectivity index (χ2n) is 5.94. The highest BCUT2D eigenvalue weighted by atomic mass is 35.5. The number of hydrogen-bond donors (Lipinski definition) is 1. The molecule has 0 bridgehead atoms. The predicted molar refractivity (Wildman–Crippen MR) is 85.2 cm³/mol. The predicted octanol–water partition coefficient (Wildman–Crippen LogP) is 4.04. The summed E-state index contributed by atoms with van der Waals surface area (Å²) in [5.74, 6) is -0.301. The lowest BCUT2D eigenvalue weighted by molar-refractivity contribution is -0.0244. The molecule has 2 rings (SSSR count). The van der Waals surface area contributed by atoms with Gasteiger partial charge in [-0.05, 0) is 49.7 Å². The highest BCUT2D eigenvalue weighted by Gasteiger charge is 2.44. The van der Waals surface area contributed by atoms with Crippen LogP contribution < -0.4 is 0 Å². The number of likely N-dealkylation sites (N-methyl/N-ethyl adjacent to an activating group) is 1.